The molecule has 3 fully saturated rings. The largest absolute Gasteiger partial charge is 0.308 e. The number of hydrogen-bond donors (Lipinski definition) is 1. The van der Waals surface area contributed by atoms with Crippen molar-refractivity contribution in [1.29, 1.82) is 0 Å². The Morgan fingerprint density at radius 3 is 2.75 bits per heavy atom. The summed E-state index contributed by atoms with van der Waals surface area (Å²) in [6.07, 6.45) is 2.45. The van der Waals surface area contributed by atoms with E-state index in [1.54, 1.807) is 12.1 Å². The number of nitro benzene ring substituents is 1. The molecule has 1 N–H and O–H groups in total. The molecule has 1 unspecified atom stereocenters. The summed E-state index contributed by atoms with van der Waals surface area (Å²) in [6.45, 7) is 3.89. The summed E-state index contributed by atoms with van der Waals surface area (Å²) in [4.78, 5) is 13.2. The number of halogens is 1. The average Bonchev–Trinajstić information content (AvgIpc) is 2.47. The molecular formula is C14H18ClN3O2. The van der Waals surface area contributed by atoms with E-state index < -0.39 is 0 Å². The van der Waals surface area contributed by atoms with Crippen LogP contribution in [0.2, 0.25) is 5.02 Å². The molecule has 0 amide bonds. The second-order valence-corrected chi connectivity index (χ2v) is 6.03. The molecule has 3 aliphatic rings. The third kappa shape index (κ3) is 2.66. The minimum Gasteiger partial charge on any atom is -0.308 e. The monoisotopic (exact) mass is 295 g/mol. The molecule has 4 rings (SSSR count). The van der Waals surface area contributed by atoms with Gasteiger partial charge >= 0.3 is 0 Å². The zero-order valence-corrected chi connectivity index (χ0v) is 12.0. The van der Waals surface area contributed by atoms with Crippen LogP contribution in [-0.4, -0.2) is 35.5 Å². The van der Waals surface area contributed by atoms with Gasteiger partial charge in [-0.05, 0) is 37.9 Å². The third-order valence-electron chi connectivity index (χ3n) is 4.49. The number of piperidine rings is 3. The lowest BCUT2D eigenvalue weighted by atomic mass is 9.84. The Kier molecular flexibility index (Phi) is 3.92. The fraction of sp³-hybridized carbons (Fsp3) is 0.571. The first-order chi connectivity index (χ1) is 9.65. The van der Waals surface area contributed by atoms with Gasteiger partial charge in [0.25, 0.3) is 5.69 Å². The molecule has 1 aromatic rings. The predicted octanol–water partition coefficient (Wildman–Crippen LogP) is 2.43. The van der Waals surface area contributed by atoms with Gasteiger partial charge in [0.15, 0.2) is 0 Å². The lowest BCUT2D eigenvalue weighted by Gasteiger charge is -2.45. The van der Waals surface area contributed by atoms with E-state index in [0.717, 1.165) is 6.54 Å². The molecule has 2 bridgehead atoms. The van der Waals surface area contributed by atoms with E-state index in [9.17, 15) is 10.1 Å². The van der Waals surface area contributed by atoms with Crippen molar-refractivity contribution in [3.05, 3.63) is 38.9 Å². The van der Waals surface area contributed by atoms with Crippen LogP contribution >= 0.6 is 11.6 Å². The molecule has 108 valence electrons. The van der Waals surface area contributed by atoms with Crippen molar-refractivity contribution >= 4 is 17.3 Å². The van der Waals surface area contributed by atoms with Gasteiger partial charge < -0.3 is 10.2 Å². The first-order valence-corrected chi connectivity index (χ1v) is 7.40. The first kappa shape index (κ1) is 13.8. The molecule has 1 atom stereocenters. The van der Waals surface area contributed by atoms with Crippen LogP contribution in [0.25, 0.3) is 0 Å². The topological polar surface area (TPSA) is 58.4 Å². The Labute approximate surface area is 123 Å². The maximum absolute atomic E-state index is 11.1. The summed E-state index contributed by atoms with van der Waals surface area (Å²) in [5.74, 6) is 0.696. The van der Waals surface area contributed by atoms with Gasteiger partial charge in [-0.25, -0.2) is 0 Å². The maximum Gasteiger partial charge on any atom is 0.275 e. The van der Waals surface area contributed by atoms with E-state index >= 15 is 0 Å². The van der Waals surface area contributed by atoms with Gasteiger partial charge in [-0.2, -0.15) is 0 Å². The van der Waals surface area contributed by atoms with Crippen LogP contribution in [0.5, 0.6) is 0 Å². The smallest absolute Gasteiger partial charge is 0.275 e. The number of hydrogen-bond acceptors (Lipinski definition) is 4. The lowest BCUT2D eigenvalue weighted by molar-refractivity contribution is -0.385. The predicted molar refractivity (Wildman–Crippen MR) is 77.9 cm³/mol. The summed E-state index contributed by atoms with van der Waals surface area (Å²) < 4.78 is 0. The van der Waals surface area contributed by atoms with Gasteiger partial charge in [0, 0.05) is 25.2 Å². The van der Waals surface area contributed by atoms with Gasteiger partial charge in [-0.15, -0.1) is 0 Å². The highest BCUT2D eigenvalue weighted by atomic mass is 35.5. The number of nitrogens with one attached hydrogen (secondary N) is 1. The Morgan fingerprint density at radius 1 is 1.40 bits per heavy atom. The van der Waals surface area contributed by atoms with Crippen LogP contribution in [0.3, 0.4) is 0 Å². The highest BCUT2D eigenvalue weighted by Crippen LogP contribution is 2.30. The number of rotatable bonds is 4. The van der Waals surface area contributed by atoms with Crippen molar-refractivity contribution in [1.82, 2.24) is 10.2 Å². The van der Waals surface area contributed by atoms with Crippen LogP contribution in [0.1, 0.15) is 18.4 Å². The zero-order chi connectivity index (χ0) is 14.1. The molecule has 0 spiro atoms. The molecule has 0 aromatic heterocycles. The average molecular weight is 296 g/mol. The summed E-state index contributed by atoms with van der Waals surface area (Å²) in [7, 11) is 0. The van der Waals surface area contributed by atoms with Gasteiger partial charge in [0.1, 0.15) is 0 Å². The Hall–Kier alpha value is -1.17. The zero-order valence-electron chi connectivity index (χ0n) is 11.2. The molecule has 3 saturated heterocycles. The van der Waals surface area contributed by atoms with Gasteiger partial charge in [0.05, 0.1) is 15.5 Å². The number of nitro groups is 1. The number of fused-ring (bicyclic) bond motifs is 3. The first-order valence-electron chi connectivity index (χ1n) is 7.02. The summed E-state index contributed by atoms with van der Waals surface area (Å²) in [6, 6.07) is 5.27. The second-order valence-electron chi connectivity index (χ2n) is 5.62. The second kappa shape index (κ2) is 5.68. The third-order valence-corrected chi connectivity index (χ3v) is 4.84. The van der Waals surface area contributed by atoms with Gasteiger partial charge in [0.2, 0.25) is 0 Å². The molecule has 6 heteroatoms. The molecule has 1 aromatic carbocycles. The van der Waals surface area contributed by atoms with Gasteiger partial charge in [-0.3, -0.25) is 10.1 Å². The maximum atomic E-state index is 11.1. The molecule has 0 aliphatic carbocycles. The molecule has 5 nitrogen and oxygen atoms in total. The highest BCUT2D eigenvalue weighted by Gasteiger charge is 2.34. The molecule has 0 saturated carbocycles. The lowest BCUT2D eigenvalue weighted by Crippen LogP contribution is -2.55. The van der Waals surface area contributed by atoms with Crippen LogP contribution in [0.4, 0.5) is 5.69 Å². The molecular weight excluding hydrogens is 278 g/mol. The molecule has 3 aliphatic heterocycles. The van der Waals surface area contributed by atoms with E-state index in [-0.39, 0.29) is 10.6 Å². The van der Waals surface area contributed by atoms with Crippen molar-refractivity contribution in [3.8, 4) is 0 Å². The molecule has 0 radical (unpaired) electrons. The van der Waals surface area contributed by atoms with Crippen LogP contribution < -0.4 is 5.32 Å². The minimum absolute atomic E-state index is 0.103. The van der Waals surface area contributed by atoms with Crippen LogP contribution in [-0.2, 0) is 6.54 Å². The standard InChI is InChI=1S/C14H18ClN3O2/c15-12-2-1-3-14(18(19)20)11(12)8-16-13-9-17-6-4-10(13)5-7-17/h1-3,10,13,16H,4-9H2. The van der Waals surface area contributed by atoms with Crippen molar-refractivity contribution in [2.24, 2.45) is 5.92 Å². The number of nitrogens with zero attached hydrogens (tertiary/aromatic N) is 2. The van der Waals surface area contributed by atoms with Crippen molar-refractivity contribution in [3.63, 3.8) is 0 Å². The molecule has 20 heavy (non-hydrogen) atoms. The van der Waals surface area contributed by atoms with Crippen molar-refractivity contribution in [2.45, 2.75) is 25.4 Å². The summed E-state index contributed by atoms with van der Waals surface area (Å²) in [5, 5.41) is 15.0. The quantitative estimate of drug-likeness (QED) is 0.685. The van der Waals surface area contributed by atoms with E-state index in [0.29, 0.717) is 29.1 Å². The van der Waals surface area contributed by atoms with E-state index in [4.69, 9.17) is 11.6 Å². The van der Waals surface area contributed by atoms with Crippen molar-refractivity contribution < 1.29 is 4.92 Å². The van der Waals surface area contributed by atoms with E-state index in [1.165, 1.54) is 32.0 Å². The fourth-order valence-electron chi connectivity index (χ4n) is 3.32. The fourth-order valence-corrected chi connectivity index (χ4v) is 3.56. The summed E-state index contributed by atoms with van der Waals surface area (Å²) >= 11 is 6.12. The normalized spacial score (nSPS) is 28.6. The van der Waals surface area contributed by atoms with Crippen LogP contribution in [0, 0.1) is 16.0 Å². The van der Waals surface area contributed by atoms with E-state index in [2.05, 4.69) is 10.2 Å². The minimum atomic E-state index is -0.362. The summed E-state index contributed by atoms with van der Waals surface area (Å²) in [5.41, 5.74) is 0.696. The van der Waals surface area contributed by atoms with Crippen molar-refractivity contribution in [2.75, 3.05) is 19.6 Å². The SMILES string of the molecule is O=[N+]([O-])c1cccc(Cl)c1CNC1CN2CCC1CC2. The Bertz CT molecular complexity index is 515. The van der Waals surface area contributed by atoms with E-state index in [1.807, 2.05) is 0 Å². The highest BCUT2D eigenvalue weighted by molar-refractivity contribution is 6.31. The Morgan fingerprint density at radius 2 is 2.15 bits per heavy atom. The Balaban J connectivity index is 1.71. The molecule has 3 heterocycles. The number of benzene rings is 1. The van der Waals surface area contributed by atoms with Gasteiger partial charge in [-0.1, -0.05) is 17.7 Å². The van der Waals surface area contributed by atoms with Crippen LogP contribution in [0.15, 0.2) is 18.2 Å².